The molecule has 0 aromatic heterocycles. The third kappa shape index (κ3) is 2.85. The Morgan fingerprint density at radius 2 is 1.29 bits per heavy atom. The minimum atomic E-state index is -0.0603. The van der Waals surface area contributed by atoms with Crippen LogP contribution in [0.3, 0.4) is 0 Å². The molecule has 1 saturated heterocycles. The monoisotopic (exact) mass is 366 g/mol. The normalized spacial score (nSPS) is 17.1. The highest BCUT2D eigenvalue weighted by Crippen LogP contribution is 2.34. The van der Waals surface area contributed by atoms with E-state index in [9.17, 15) is 4.79 Å². The molecule has 4 aromatic rings. The van der Waals surface area contributed by atoms with Gasteiger partial charge < -0.3 is 4.90 Å². The van der Waals surface area contributed by atoms with Crippen molar-refractivity contribution in [2.45, 2.75) is 12.1 Å². The molecule has 1 atom stereocenters. The Labute approximate surface area is 164 Å². The maximum absolute atomic E-state index is 12.2. The van der Waals surface area contributed by atoms with Gasteiger partial charge in [0.25, 0.3) is 0 Å². The number of carbonyl (C=O) groups excluding carboxylic acids is 1. The first-order chi connectivity index (χ1) is 13.7. The van der Waals surface area contributed by atoms with Crippen molar-refractivity contribution in [3.05, 3.63) is 96.1 Å². The molecule has 0 saturated carbocycles. The van der Waals surface area contributed by atoms with E-state index in [-0.39, 0.29) is 18.0 Å². The molecule has 0 unspecified atom stereocenters. The fraction of sp³-hybridized carbons (Fsp3) is 0.160. The molecular weight excluding hydrogens is 344 g/mol. The maximum Gasteiger partial charge on any atom is 0.237 e. The molecule has 28 heavy (non-hydrogen) atoms. The molecule has 1 fully saturated rings. The van der Waals surface area contributed by atoms with Crippen molar-refractivity contribution in [2.24, 2.45) is 0 Å². The third-order valence-electron chi connectivity index (χ3n) is 5.85. The maximum atomic E-state index is 12.2. The van der Waals surface area contributed by atoms with Gasteiger partial charge in [0, 0.05) is 13.0 Å². The summed E-state index contributed by atoms with van der Waals surface area (Å²) in [5.74, 6) is 0.197. The van der Waals surface area contributed by atoms with E-state index in [4.69, 9.17) is 0 Å². The quantitative estimate of drug-likeness (QED) is 0.578. The fourth-order valence-corrected chi connectivity index (χ4v) is 4.31. The summed E-state index contributed by atoms with van der Waals surface area (Å²) >= 11 is 0. The van der Waals surface area contributed by atoms with Crippen LogP contribution in [0.5, 0.6) is 0 Å². The smallest absolute Gasteiger partial charge is 0.237 e. The molecule has 1 amide bonds. The summed E-state index contributed by atoms with van der Waals surface area (Å²) in [6.45, 7) is 0.388. The molecule has 138 valence electrons. The second kappa shape index (κ2) is 6.77. The van der Waals surface area contributed by atoms with Gasteiger partial charge in [-0.3, -0.25) is 10.1 Å². The summed E-state index contributed by atoms with van der Waals surface area (Å²) in [7, 11) is 1.89. The molecule has 0 radical (unpaired) electrons. The summed E-state index contributed by atoms with van der Waals surface area (Å²) in [5.41, 5.74) is 2.43. The Hall–Kier alpha value is -3.17. The number of hydrogen-bond acceptors (Lipinski definition) is 2. The summed E-state index contributed by atoms with van der Waals surface area (Å²) in [5, 5.41) is 8.32. The van der Waals surface area contributed by atoms with Crippen molar-refractivity contribution in [1.82, 2.24) is 10.2 Å². The van der Waals surface area contributed by atoms with Gasteiger partial charge in [-0.05, 0) is 32.7 Å². The highest BCUT2D eigenvalue weighted by Gasteiger charge is 2.35. The Bertz CT molecular complexity index is 1100. The zero-order chi connectivity index (χ0) is 19.1. The van der Waals surface area contributed by atoms with Crippen LogP contribution in [0.15, 0.2) is 84.9 Å². The average molecular weight is 366 g/mol. The van der Waals surface area contributed by atoms with E-state index < -0.39 is 0 Å². The second-order valence-corrected chi connectivity index (χ2v) is 7.52. The van der Waals surface area contributed by atoms with Gasteiger partial charge in [-0.2, -0.15) is 0 Å². The Morgan fingerprint density at radius 1 is 0.786 bits per heavy atom. The van der Waals surface area contributed by atoms with Gasteiger partial charge >= 0.3 is 0 Å². The van der Waals surface area contributed by atoms with Crippen molar-refractivity contribution in [3.8, 4) is 0 Å². The lowest BCUT2D eigenvalue weighted by Gasteiger charge is -2.30. The predicted octanol–water partition coefficient (Wildman–Crippen LogP) is 4.51. The van der Waals surface area contributed by atoms with Crippen molar-refractivity contribution < 1.29 is 4.79 Å². The van der Waals surface area contributed by atoms with Crippen LogP contribution in [0.25, 0.3) is 21.5 Å². The van der Waals surface area contributed by atoms with Gasteiger partial charge in [0.05, 0.1) is 12.7 Å². The first-order valence-corrected chi connectivity index (χ1v) is 9.67. The largest absolute Gasteiger partial charge is 0.328 e. The lowest BCUT2D eigenvalue weighted by molar-refractivity contribution is -0.126. The van der Waals surface area contributed by atoms with Gasteiger partial charge in [-0.15, -0.1) is 0 Å². The van der Waals surface area contributed by atoms with E-state index in [1.807, 2.05) is 11.9 Å². The SMILES string of the molecule is CN1C(=O)CN[C@H]1C(c1ccc2ccccc2c1)c1ccc2ccccc2c1. The van der Waals surface area contributed by atoms with Crippen LogP contribution in [-0.2, 0) is 4.79 Å². The number of carbonyl (C=O) groups is 1. The number of likely N-dealkylation sites (N-methyl/N-ethyl adjacent to an activating group) is 1. The molecule has 5 rings (SSSR count). The minimum absolute atomic E-state index is 0.0603. The Kier molecular flexibility index (Phi) is 4.10. The molecule has 3 nitrogen and oxygen atoms in total. The highest BCUT2D eigenvalue weighted by atomic mass is 16.2. The predicted molar refractivity (Wildman–Crippen MR) is 114 cm³/mol. The molecule has 1 aliphatic heterocycles. The molecule has 1 heterocycles. The van der Waals surface area contributed by atoms with Crippen LogP contribution in [-0.4, -0.2) is 30.6 Å². The number of fused-ring (bicyclic) bond motifs is 2. The summed E-state index contributed by atoms with van der Waals surface area (Å²) in [6, 6.07) is 30.1. The molecule has 3 heteroatoms. The van der Waals surface area contributed by atoms with E-state index >= 15 is 0 Å². The summed E-state index contributed by atoms with van der Waals surface area (Å²) < 4.78 is 0. The molecule has 0 aliphatic carbocycles. The second-order valence-electron chi connectivity index (χ2n) is 7.52. The molecule has 1 N–H and O–H groups in total. The lowest BCUT2D eigenvalue weighted by Crippen LogP contribution is -2.40. The molecule has 0 bridgehead atoms. The summed E-state index contributed by atoms with van der Waals surface area (Å²) in [4.78, 5) is 14.1. The molecule has 4 aromatic carbocycles. The molecule has 0 spiro atoms. The van der Waals surface area contributed by atoms with Crippen LogP contribution >= 0.6 is 0 Å². The van der Waals surface area contributed by atoms with Gasteiger partial charge in [0.2, 0.25) is 5.91 Å². The van der Waals surface area contributed by atoms with Crippen LogP contribution in [0.1, 0.15) is 17.0 Å². The fourth-order valence-electron chi connectivity index (χ4n) is 4.31. The van der Waals surface area contributed by atoms with Crippen molar-refractivity contribution in [3.63, 3.8) is 0 Å². The van der Waals surface area contributed by atoms with E-state index in [0.717, 1.165) is 0 Å². The van der Waals surface area contributed by atoms with Crippen molar-refractivity contribution >= 4 is 27.5 Å². The van der Waals surface area contributed by atoms with Crippen molar-refractivity contribution in [2.75, 3.05) is 13.6 Å². The topological polar surface area (TPSA) is 32.3 Å². The number of amides is 1. The lowest BCUT2D eigenvalue weighted by atomic mass is 9.86. The van der Waals surface area contributed by atoms with E-state index in [2.05, 4.69) is 90.2 Å². The van der Waals surface area contributed by atoms with E-state index in [1.165, 1.54) is 32.7 Å². The van der Waals surface area contributed by atoms with Crippen LogP contribution in [0, 0.1) is 0 Å². The van der Waals surface area contributed by atoms with E-state index in [1.54, 1.807) is 0 Å². The van der Waals surface area contributed by atoms with Gasteiger partial charge in [0.15, 0.2) is 0 Å². The third-order valence-corrected chi connectivity index (χ3v) is 5.85. The zero-order valence-corrected chi connectivity index (χ0v) is 15.8. The van der Waals surface area contributed by atoms with Crippen LogP contribution in [0.2, 0.25) is 0 Å². The zero-order valence-electron chi connectivity index (χ0n) is 15.8. The van der Waals surface area contributed by atoms with Gasteiger partial charge in [-0.1, -0.05) is 84.9 Å². The first kappa shape index (κ1) is 17.0. The number of nitrogens with one attached hydrogen (secondary N) is 1. The van der Waals surface area contributed by atoms with Crippen LogP contribution in [0.4, 0.5) is 0 Å². The van der Waals surface area contributed by atoms with Gasteiger partial charge in [0.1, 0.15) is 0 Å². The number of hydrogen-bond donors (Lipinski definition) is 1. The number of nitrogens with zero attached hydrogens (tertiary/aromatic N) is 1. The summed E-state index contributed by atoms with van der Waals surface area (Å²) in [6.07, 6.45) is -0.0603. The molecule has 1 aliphatic rings. The first-order valence-electron chi connectivity index (χ1n) is 9.67. The van der Waals surface area contributed by atoms with Crippen LogP contribution < -0.4 is 5.32 Å². The van der Waals surface area contributed by atoms with E-state index in [0.29, 0.717) is 6.54 Å². The highest BCUT2D eigenvalue weighted by molar-refractivity contribution is 5.85. The minimum Gasteiger partial charge on any atom is -0.328 e. The standard InChI is InChI=1S/C25H22N2O/c1-27-23(28)16-26-25(27)24(21-12-10-17-6-2-4-8-19(17)14-21)22-13-11-18-7-3-5-9-20(18)15-22/h2-15,24-26H,16H2,1H3/t25-/m1/s1. The molecular formula is C25H22N2O. The number of benzene rings is 4. The van der Waals surface area contributed by atoms with Crippen molar-refractivity contribution in [1.29, 1.82) is 0 Å². The average Bonchev–Trinajstić information content (AvgIpc) is 3.06. The van der Waals surface area contributed by atoms with Gasteiger partial charge in [-0.25, -0.2) is 0 Å². The Balaban J connectivity index is 1.68. The number of rotatable bonds is 3. The Morgan fingerprint density at radius 3 is 1.75 bits per heavy atom.